The van der Waals surface area contributed by atoms with Crippen molar-refractivity contribution in [1.82, 2.24) is 39.0 Å². The average Bonchev–Trinajstić information content (AvgIpc) is 4.11. The van der Waals surface area contributed by atoms with Gasteiger partial charge in [0.25, 0.3) is 0 Å². The molecule has 64 heavy (non-hydrogen) atoms. The molecule has 0 aliphatic carbocycles. The van der Waals surface area contributed by atoms with Crippen LogP contribution in [0.2, 0.25) is 0 Å². The summed E-state index contributed by atoms with van der Waals surface area (Å²) >= 11 is 3.26. The van der Waals surface area contributed by atoms with Gasteiger partial charge in [-0.05, 0) is 103 Å². The van der Waals surface area contributed by atoms with E-state index in [0.717, 1.165) is 106 Å². The molecule has 2 aliphatic heterocycles. The Morgan fingerprint density at radius 1 is 0.766 bits per heavy atom. The number of methoxy groups -OCH3 is 2. The number of thiophene rings is 2. The molecule has 0 spiro atoms. The third-order valence-electron chi connectivity index (χ3n) is 12.7. The van der Waals surface area contributed by atoms with Gasteiger partial charge in [-0.1, -0.05) is 19.2 Å². The fourth-order valence-electron chi connectivity index (χ4n) is 9.75. The third kappa shape index (κ3) is 7.10. The smallest absolute Gasteiger partial charge is 0.249 e. The van der Waals surface area contributed by atoms with Crippen molar-refractivity contribution in [3.8, 4) is 32.4 Å². The SMILES string of the molecule is C=CC(=O)N1CCC[C@@H](c2cc(-c3cc4cc(CC(=C)C(=O)N5CCC[C@H](c6cc(-c7cc8cc(C)cc(OC)c8s7)c7c(N)ncnn67)C5)cc(OC)c4s3)c3c(N)ncnn23)C1. The predicted molar refractivity (Wildman–Crippen MR) is 254 cm³/mol. The van der Waals surface area contributed by atoms with E-state index in [-0.39, 0.29) is 23.7 Å². The zero-order valence-electron chi connectivity index (χ0n) is 36.0. The summed E-state index contributed by atoms with van der Waals surface area (Å²) in [4.78, 5) is 41.3. The van der Waals surface area contributed by atoms with Crippen molar-refractivity contribution in [2.75, 3.05) is 51.9 Å². The Labute approximate surface area is 377 Å². The summed E-state index contributed by atoms with van der Waals surface area (Å²) in [6.45, 7) is 12.5. The molecule has 0 bridgehead atoms. The number of likely N-dealkylation sites (tertiary alicyclic amines) is 2. The number of carbonyl (C=O) groups is 2. The van der Waals surface area contributed by atoms with Crippen LogP contribution in [0, 0.1) is 6.92 Å². The number of anilines is 2. The van der Waals surface area contributed by atoms with E-state index in [1.54, 1.807) is 36.9 Å². The van der Waals surface area contributed by atoms with Gasteiger partial charge in [0.1, 0.15) is 35.2 Å². The van der Waals surface area contributed by atoms with E-state index in [0.29, 0.717) is 55.6 Å². The van der Waals surface area contributed by atoms with Crippen LogP contribution in [-0.2, 0) is 16.0 Å². The Kier molecular flexibility index (Phi) is 10.6. The fourth-order valence-corrected chi connectivity index (χ4v) is 12.1. The normalized spacial score (nSPS) is 16.9. The second-order valence-electron chi connectivity index (χ2n) is 16.8. The average molecular weight is 893 g/mol. The molecule has 2 fully saturated rings. The summed E-state index contributed by atoms with van der Waals surface area (Å²) in [6, 6.07) is 16.9. The Morgan fingerprint density at radius 3 is 1.86 bits per heavy atom. The Balaban J connectivity index is 0.911. The number of hydrogen-bond donors (Lipinski definition) is 2. The number of aryl methyl sites for hydroxylation is 1. The molecule has 6 aromatic heterocycles. The molecule has 0 unspecified atom stereocenters. The van der Waals surface area contributed by atoms with Gasteiger partial charge in [-0.25, -0.2) is 19.0 Å². The van der Waals surface area contributed by atoms with Crippen LogP contribution in [0.25, 0.3) is 52.1 Å². The molecule has 14 nitrogen and oxygen atoms in total. The molecule has 0 radical (unpaired) electrons. The molecule has 4 N–H and O–H groups in total. The highest BCUT2D eigenvalue weighted by atomic mass is 32.1. The predicted octanol–water partition coefficient (Wildman–Crippen LogP) is 8.42. The minimum absolute atomic E-state index is 0.0185. The highest BCUT2D eigenvalue weighted by molar-refractivity contribution is 7.23. The van der Waals surface area contributed by atoms with Crippen LogP contribution in [0.15, 0.2) is 86.0 Å². The number of amides is 2. The number of nitrogens with two attached hydrogens (primary N) is 2. The number of hydrogen-bond acceptors (Lipinski definition) is 12. The summed E-state index contributed by atoms with van der Waals surface area (Å²) in [5.74, 6) is 2.27. The van der Waals surface area contributed by atoms with E-state index in [1.807, 2.05) is 24.9 Å². The van der Waals surface area contributed by atoms with Gasteiger partial charge in [0.15, 0.2) is 11.6 Å². The molecule has 10 rings (SSSR count). The van der Waals surface area contributed by atoms with E-state index in [4.69, 9.17) is 20.9 Å². The molecule has 2 amide bonds. The fraction of sp³-hybridized carbons (Fsp3) is 0.292. The summed E-state index contributed by atoms with van der Waals surface area (Å²) in [6.07, 6.45) is 8.21. The van der Waals surface area contributed by atoms with Crippen molar-refractivity contribution < 1.29 is 19.1 Å². The zero-order chi connectivity index (χ0) is 44.4. The van der Waals surface area contributed by atoms with Crippen LogP contribution in [0.3, 0.4) is 0 Å². The van der Waals surface area contributed by atoms with Crippen LogP contribution in [-0.4, -0.2) is 91.2 Å². The number of nitrogens with zero attached hydrogens (tertiary/aromatic N) is 8. The second-order valence-corrected chi connectivity index (χ2v) is 18.9. The van der Waals surface area contributed by atoms with Crippen LogP contribution in [0.1, 0.15) is 60.0 Å². The lowest BCUT2D eigenvalue weighted by Crippen LogP contribution is -2.40. The first-order valence-electron chi connectivity index (χ1n) is 21.4. The van der Waals surface area contributed by atoms with Crippen LogP contribution < -0.4 is 20.9 Å². The Morgan fingerprint density at radius 2 is 1.30 bits per heavy atom. The van der Waals surface area contributed by atoms with E-state index >= 15 is 0 Å². The van der Waals surface area contributed by atoms with Gasteiger partial charge >= 0.3 is 0 Å². The summed E-state index contributed by atoms with van der Waals surface area (Å²) in [5, 5.41) is 11.4. The first kappa shape index (κ1) is 41.2. The van der Waals surface area contributed by atoms with Crippen LogP contribution in [0.4, 0.5) is 11.6 Å². The largest absolute Gasteiger partial charge is 0.495 e. The topological polar surface area (TPSA) is 171 Å². The lowest BCUT2D eigenvalue weighted by molar-refractivity contribution is -0.128. The molecule has 0 saturated carbocycles. The first-order chi connectivity index (χ1) is 31.0. The van der Waals surface area contributed by atoms with E-state index < -0.39 is 0 Å². The molecule has 326 valence electrons. The van der Waals surface area contributed by atoms with Gasteiger partial charge < -0.3 is 30.7 Å². The third-order valence-corrected chi connectivity index (χ3v) is 15.1. The zero-order valence-corrected chi connectivity index (χ0v) is 37.6. The van der Waals surface area contributed by atoms with E-state index in [2.05, 4.69) is 82.7 Å². The number of benzene rings is 2. The molecule has 8 aromatic rings. The van der Waals surface area contributed by atoms with Crippen molar-refractivity contribution in [2.24, 2.45) is 0 Å². The van der Waals surface area contributed by atoms with Gasteiger partial charge in [0.2, 0.25) is 11.8 Å². The van der Waals surface area contributed by atoms with Crippen molar-refractivity contribution >= 4 is 77.3 Å². The second kappa shape index (κ2) is 16.4. The summed E-state index contributed by atoms with van der Waals surface area (Å²) < 4.78 is 17.5. The number of aromatic nitrogens is 6. The molecular weight excluding hydrogens is 845 g/mol. The molecule has 2 aromatic carbocycles. The summed E-state index contributed by atoms with van der Waals surface area (Å²) in [5.41, 5.74) is 21.0. The maximum absolute atomic E-state index is 14.3. The van der Waals surface area contributed by atoms with Gasteiger partial charge in [-0.2, -0.15) is 10.2 Å². The highest BCUT2D eigenvalue weighted by Crippen LogP contribution is 2.46. The van der Waals surface area contributed by atoms with Gasteiger partial charge in [0, 0.05) is 82.3 Å². The van der Waals surface area contributed by atoms with Crippen LogP contribution >= 0.6 is 22.7 Å². The van der Waals surface area contributed by atoms with Crippen molar-refractivity contribution in [1.29, 1.82) is 0 Å². The molecule has 2 saturated heterocycles. The van der Waals surface area contributed by atoms with Crippen molar-refractivity contribution in [3.63, 3.8) is 0 Å². The maximum Gasteiger partial charge on any atom is 0.249 e. The van der Waals surface area contributed by atoms with Crippen molar-refractivity contribution in [3.05, 3.63) is 109 Å². The van der Waals surface area contributed by atoms with Crippen molar-refractivity contribution in [2.45, 2.75) is 50.9 Å². The van der Waals surface area contributed by atoms with Gasteiger partial charge in [-0.15, -0.1) is 22.7 Å². The minimum atomic E-state index is -0.0729. The Bertz CT molecular complexity index is 3200. The molecule has 16 heteroatoms. The summed E-state index contributed by atoms with van der Waals surface area (Å²) in [7, 11) is 3.36. The monoisotopic (exact) mass is 892 g/mol. The lowest BCUT2D eigenvalue weighted by atomic mass is 9.93. The van der Waals surface area contributed by atoms with E-state index in [9.17, 15) is 9.59 Å². The Hall–Kier alpha value is -6.78. The van der Waals surface area contributed by atoms with Crippen LogP contribution in [0.5, 0.6) is 11.5 Å². The quantitative estimate of drug-likeness (QED) is 0.127. The minimum Gasteiger partial charge on any atom is -0.495 e. The number of rotatable bonds is 10. The number of carbonyl (C=O) groups excluding carboxylic acids is 2. The maximum atomic E-state index is 14.3. The molecule has 2 atom stereocenters. The number of piperidine rings is 2. The van der Waals surface area contributed by atoms with Gasteiger partial charge in [0.05, 0.1) is 23.6 Å². The highest BCUT2D eigenvalue weighted by Gasteiger charge is 2.31. The standard InChI is InChI=1S/C48H48N10O4S2/c1-6-41(59)55-11-7-9-29(22-55)35-20-34(43-47(50)51-24-53-57(35)43)40-19-32-16-28(17-38(62-5)45(32)64-40)15-27(3)48(60)56-12-8-10-30(23-56)36-21-33(42-46(49)52-25-54-58(36)42)39-18-31-13-26(2)14-37(61-4)44(31)63-39/h6,13-14,16-21,24-25,29-30H,1,3,7-12,15,22-23H2,2,4-5H3,(H2,49,52,54)(H2,50,51,53)/t29-,30+/m1/s1. The van der Waals surface area contributed by atoms with E-state index in [1.165, 1.54) is 18.7 Å². The molecule has 2 aliphatic rings. The molecule has 8 heterocycles. The first-order valence-corrected chi connectivity index (χ1v) is 23.0. The van der Waals surface area contributed by atoms with Gasteiger partial charge in [-0.3, -0.25) is 9.59 Å². The number of ether oxygens (including phenoxy) is 2. The molecular formula is C48H48N10O4S2. The lowest BCUT2D eigenvalue weighted by Gasteiger charge is -2.33. The number of fused-ring (bicyclic) bond motifs is 4. The number of nitrogen functional groups attached to an aromatic ring is 2.